The van der Waals surface area contributed by atoms with Gasteiger partial charge in [-0.05, 0) is 38.3 Å². The van der Waals surface area contributed by atoms with Gasteiger partial charge in [-0.2, -0.15) is 5.10 Å². The number of nitrogens with one attached hydrogen (secondary N) is 2. The van der Waals surface area contributed by atoms with Gasteiger partial charge in [-0.25, -0.2) is 0 Å². The highest BCUT2D eigenvalue weighted by Gasteiger charge is 2.29. The van der Waals surface area contributed by atoms with Crippen LogP contribution in [-0.2, 0) is 11.3 Å². The highest BCUT2D eigenvalue weighted by Crippen LogP contribution is 2.28. The Morgan fingerprint density at radius 2 is 1.88 bits per heavy atom. The highest BCUT2D eigenvalue weighted by molar-refractivity contribution is 6.31. The summed E-state index contributed by atoms with van der Waals surface area (Å²) in [5.41, 5.74) is 3.00. The van der Waals surface area contributed by atoms with E-state index in [0.717, 1.165) is 24.1 Å². The third kappa shape index (κ3) is 4.25. The molecular formula is C19H23ClN4O2. The molecule has 0 bridgehead atoms. The van der Waals surface area contributed by atoms with Gasteiger partial charge in [0.15, 0.2) is 0 Å². The number of benzene rings is 1. The van der Waals surface area contributed by atoms with Crippen molar-refractivity contribution in [2.75, 3.05) is 13.1 Å². The summed E-state index contributed by atoms with van der Waals surface area (Å²) in [5, 5.41) is 10.8. The van der Waals surface area contributed by atoms with Gasteiger partial charge in [-0.3, -0.25) is 14.3 Å². The SMILES string of the molecule is Cc1nn(Cc2ccccc2Cl)c(C)c1C(=O)NCCNC(=O)C1CC1. The Morgan fingerprint density at radius 1 is 1.19 bits per heavy atom. The smallest absolute Gasteiger partial charge is 0.255 e. The van der Waals surface area contributed by atoms with Crippen LogP contribution in [-0.4, -0.2) is 34.7 Å². The Kier molecular flexibility index (Phi) is 5.61. The lowest BCUT2D eigenvalue weighted by molar-refractivity contribution is -0.122. The molecule has 0 aliphatic heterocycles. The van der Waals surface area contributed by atoms with Crippen LogP contribution in [0.15, 0.2) is 24.3 Å². The predicted molar refractivity (Wildman–Crippen MR) is 100 cm³/mol. The average molecular weight is 375 g/mol. The lowest BCUT2D eigenvalue weighted by Crippen LogP contribution is -2.35. The summed E-state index contributed by atoms with van der Waals surface area (Å²) < 4.78 is 1.79. The Hall–Kier alpha value is -2.34. The minimum Gasteiger partial charge on any atom is -0.354 e. The minimum atomic E-state index is -0.175. The van der Waals surface area contributed by atoms with E-state index in [0.29, 0.717) is 35.9 Å². The van der Waals surface area contributed by atoms with Gasteiger partial charge in [0.2, 0.25) is 5.91 Å². The first-order valence-electron chi connectivity index (χ1n) is 8.80. The first kappa shape index (κ1) is 18.5. The molecule has 2 amide bonds. The van der Waals surface area contributed by atoms with Crippen LogP contribution < -0.4 is 10.6 Å². The number of amides is 2. The molecule has 1 heterocycles. The number of hydrogen-bond acceptors (Lipinski definition) is 3. The quantitative estimate of drug-likeness (QED) is 0.731. The number of aromatic nitrogens is 2. The summed E-state index contributed by atoms with van der Waals surface area (Å²) in [4.78, 5) is 24.1. The largest absolute Gasteiger partial charge is 0.354 e. The second kappa shape index (κ2) is 7.91. The van der Waals surface area contributed by atoms with Gasteiger partial charge in [0.1, 0.15) is 0 Å². The van der Waals surface area contributed by atoms with E-state index in [2.05, 4.69) is 15.7 Å². The molecule has 0 atom stereocenters. The molecule has 0 spiro atoms. The summed E-state index contributed by atoms with van der Waals surface area (Å²) in [6, 6.07) is 7.59. The van der Waals surface area contributed by atoms with E-state index < -0.39 is 0 Å². The van der Waals surface area contributed by atoms with E-state index in [1.54, 1.807) is 4.68 Å². The number of halogens is 1. The van der Waals surface area contributed by atoms with Crippen LogP contribution in [0.3, 0.4) is 0 Å². The van der Waals surface area contributed by atoms with Gasteiger partial charge in [0.05, 0.1) is 17.8 Å². The molecule has 0 unspecified atom stereocenters. The van der Waals surface area contributed by atoms with Gasteiger partial charge in [0, 0.05) is 29.7 Å². The lowest BCUT2D eigenvalue weighted by atomic mass is 10.1. The van der Waals surface area contributed by atoms with Crippen LogP contribution in [0, 0.1) is 19.8 Å². The molecule has 2 aromatic rings. The highest BCUT2D eigenvalue weighted by atomic mass is 35.5. The molecule has 6 nitrogen and oxygen atoms in total. The standard InChI is InChI=1S/C19H23ClN4O2/c1-12-17(19(26)22-10-9-21-18(25)14-7-8-14)13(2)24(23-12)11-15-5-3-4-6-16(15)20/h3-6,14H,7-11H2,1-2H3,(H,21,25)(H,22,26). The van der Waals surface area contributed by atoms with Crippen molar-refractivity contribution in [3.8, 4) is 0 Å². The van der Waals surface area contributed by atoms with Crippen molar-refractivity contribution in [3.63, 3.8) is 0 Å². The fourth-order valence-electron chi connectivity index (χ4n) is 2.91. The normalized spacial score (nSPS) is 13.5. The van der Waals surface area contributed by atoms with Gasteiger partial charge < -0.3 is 10.6 Å². The summed E-state index contributed by atoms with van der Waals surface area (Å²) in [6.45, 7) is 5.04. The van der Waals surface area contributed by atoms with Crippen molar-refractivity contribution in [3.05, 3.63) is 51.8 Å². The van der Waals surface area contributed by atoms with Crippen LogP contribution in [0.4, 0.5) is 0 Å². The molecule has 7 heteroatoms. The van der Waals surface area contributed by atoms with Crippen LogP contribution in [0.5, 0.6) is 0 Å². The summed E-state index contributed by atoms with van der Waals surface area (Å²) in [6.07, 6.45) is 1.95. The molecule has 1 aromatic carbocycles. The fourth-order valence-corrected chi connectivity index (χ4v) is 3.10. The zero-order valence-electron chi connectivity index (χ0n) is 15.0. The van der Waals surface area contributed by atoms with Gasteiger partial charge in [-0.1, -0.05) is 29.8 Å². The molecule has 1 aliphatic carbocycles. The number of rotatable bonds is 7. The van der Waals surface area contributed by atoms with Crippen molar-refractivity contribution in [1.29, 1.82) is 0 Å². The predicted octanol–water partition coefficient (Wildman–Crippen LogP) is 2.46. The van der Waals surface area contributed by atoms with E-state index in [-0.39, 0.29) is 17.7 Å². The van der Waals surface area contributed by atoms with Crippen molar-refractivity contribution < 1.29 is 9.59 Å². The Labute approximate surface area is 157 Å². The van der Waals surface area contributed by atoms with Crippen molar-refractivity contribution >= 4 is 23.4 Å². The van der Waals surface area contributed by atoms with Crippen molar-refractivity contribution in [1.82, 2.24) is 20.4 Å². The third-order valence-corrected chi connectivity index (χ3v) is 4.91. The molecule has 1 aliphatic rings. The second-order valence-corrected chi connectivity index (χ2v) is 7.02. The number of carbonyl (C=O) groups is 2. The molecule has 1 fully saturated rings. The number of aryl methyl sites for hydroxylation is 1. The number of nitrogens with zero attached hydrogens (tertiary/aromatic N) is 2. The number of hydrogen-bond donors (Lipinski definition) is 2. The maximum Gasteiger partial charge on any atom is 0.255 e. The van der Waals surface area contributed by atoms with Crippen molar-refractivity contribution in [2.24, 2.45) is 5.92 Å². The number of carbonyl (C=O) groups excluding carboxylic acids is 2. The monoisotopic (exact) mass is 374 g/mol. The van der Waals surface area contributed by atoms with Crippen LogP contribution in [0.1, 0.15) is 40.2 Å². The Morgan fingerprint density at radius 3 is 2.58 bits per heavy atom. The van der Waals surface area contributed by atoms with E-state index in [9.17, 15) is 9.59 Å². The maximum atomic E-state index is 12.5. The Bertz CT molecular complexity index is 827. The molecule has 3 rings (SSSR count). The Balaban J connectivity index is 1.60. The average Bonchev–Trinajstić information content (AvgIpc) is 3.41. The molecular weight excluding hydrogens is 352 g/mol. The van der Waals surface area contributed by atoms with E-state index in [1.807, 2.05) is 38.1 Å². The molecule has 26 heavy (non-hydrogen) atoms. The zero-order chi connectivity index (χ0) is 18.7. The molecule has 1 saturated carbocycles. The first-order chi connectivity index (χ1) is 12.5. The molecule has 0 radical (unpaired) electrons. The molecule has 138 valence electrons. The van der Waals surface area contributed by atoms with Crippen LogP contribution in [0.25, 0.3) is 0 Å². The van der Waals surface area contributed by atoms with Crippen molar-refractivity contribution in [2.45, 2.75) is 33.2 Å². The van der Waals surface area contributed by atoms with E-state index in [4.69, 9.17) is 11.6 Å². The van der Waals surface area contributed by atoms with Crippen LogP contribution in [0.2, 0.25) is 5.02 Å². The fraction of sp³-hybridized carbons (Fsp3) is 0.421. The van der Waals surface area contributed by atoms with Gasteiger partial charge in [0.25, 0.3) is 5.91 Å². The van der Waals surface area contributed by atoms with Gasteiger partial charge >= 0.3 is 0 Å². The summed E-state index contributed by atoms with van der Waals surface area (Å²) >= 11 is 6.22. The molecule has 1 aromatic heterocycles. The first-order valence-corrected chi connectivity index (χ1v) is 9.18. The minimum absolute atomic E-state index is 0.0826. The maximum absolute atomic E-state index is 12.5. The molecule has 2 N–H and O–H groups in total. The second-order valence-electron chi connectivity index (χ2n) is 6.62. The molecule has 0 saturated heterocycles. The topological polar surface area (TPSA) is 76.0 Å². The summed E-state index contributed by atoms with van der Waals surface area (Å²) in [5.74, 6) is 0.0866. The zero-order valence-corrected chi connectivity index (χ0v) is 15.8. The third-order valence-electron chi connectivity index (χ3n) is 4.54. The van der Waals surface area contributed by atoms with Gasteiger partial charge in [-0.15, -0.1) is 0 Å². The summed E-state index contributed by atoms with van der Waals surface area (Å²) in [7, 11) is 0. The van der Waals surface area contributed by atoms with E-state index in [1.165, 1.54) is 0 Å². The lowest BCUT2D eigenvalue weighted by Gasteiger charge is -2.08. The van der Waals surface area contributed by atoms with E-state index >= 15 is 0 Å². The van der Waals surface area contributed by atoms with Crippen LogP contribution >= 0.6 is 11.6 Å².